The number of hydrogen-bond acceptors (Lipinski definition) is 4. The molecule has 25 heavy (non-hydrogen) atoms. The normalized spacial score (nSPS) is 22.0. The number of hydrogen-bond donors (Lipinski definition) is 0. The van der Waals surface area contributed by atoms with Gasteiger partial charge in [-0.3, -0.25) is 0 Å². The summed E-state index contributed by atoms with van der Waals surface area (Å²) in [4.78, 5) is 5.17. The van der Waals surface area contributed by atoms with Gasteiger partial charge in [0, 0.05) is 31.9 Å². The van der Waals surface area contributed by atoms with E-state index >= 15 is 0 Å². The first kappa shape index (κ1) is 17.0. The molecular weight excluding hydrogens is 310 g/mol. The summed E-state index contributed by atoms with van der Waals surface area (Å²) in [6, 6.07) is 2.80. The predicted octanol–water partition coefficient (Wildman–Crippen LogP) is 3.03. The molecule has 4 rings (SSSR count). The maximum Gasteiger partial charge on any atom is 0.114 e. The highest BCUT2D eigenvalue weighted by Crippen LogP contribution is 2.30. The highest BCUT2D eigenvalue weighted by Gasteiger charge is 2.25. The second-order valence-corrected chi connectivity index (χ2v) is 8.22. The van der Waals surface area contributed by atoms with Crippen LogP contribution in [0, 0.1) is 19.8 Å². The quantitative estimate of drug-likeness (QED) is 0.860. The van der Waals surface area contributed by atoms with Crippen LogP contribution in [0.15, 0.2) is 12.3 Å². The lowest BCUT2D eigenvalue weighted by atomic mass is 9.95. The Morgan fingerprint density at radius 1 is 1.00 bits per heavy atom. The average Bonchev–Trinajstić information content (AvgIpc) is 2.94. The van der Waals surface area contributed by atoms with Crippen molar-refractivity contribution in [3.63, 3.8) is 0 Å². The van der Waals surface area contributed by atoms with Crippen LogP contribution in [0.3, 0.4) is 0 Å². The van der Waals surface area contributed by atoms with Gasteiger partial charge in [0.1, 0.15) is 5.52 Å². The summed E-state index contributed by atoms with van der Waals surface area (Å²) in [5.74, 6) is 0.903. The zero-order valence-corrected chi connectivity index (χ0v) is 15.9. The Balaban J connectivity index is 1.40. The monoisotopic (exact) mass is 341 g/mol. The molecule has 2 saturated heterocycles. The van der Waals surface area contributed by atoms with E-state index < -0.39 is 0 Å². The van der Waals surface area contributed by atoms with Gasteiger partial charge in [0.15, 0.2) is 0 Å². The van der Waals surface area contributed by atoms with Crippen molar-refractivity contribution in [2.75, 3.05) is 39.8 Å². The predicted molar refractivity (Wildman–Crippen MR) is 102 cm³/mol. The van der Waals surface area contributed by atoms with E-state index in [9.17, 15) is 0 Å². The van der Waals surface area contributed by atoms with E-state index in [2.05, 4.69) is 50.8 Å². The van der Waals surface area contributed by atoms with Gasteiger partial charge in [-0.15, -0.1) is 5.10 Å². The molecule has 0 saturated carbocycles. The van der Waals surface area contributed by atoms with Crippen LogP contribution in [0.5, 0.6) is 0 Å². The summed E-state index contributed by atoms with van der Waals surface area (Å²) in [5.41, 5.74) is 4.58. The van der Waals surface area contributed by atoms with Crippen molar-refractivity contribution in [3.8, 4) is 0 Å². The van der Waals surface area contributed by atoms with Gasteiger partial charge in [-0.25, -0.2) is 0 Å². The van der Waals surface area contributed by atoms with E-state index in [-0.39, 0.29) is 0 Å². The van der Waals surface area contributed by atoms with Crippen LogP contribution in [0.1, 0.15) is 43.0 Å². The molecule has 0 unspecified atom stereocenters. The van der Waals surface area contributed by atoms with Crippen molar-refractivity contribution in [2.24, 2.45) is 5.92 Å². The zero-order valence-electron chi connectivity index (χ0n) is 15.9. The van der Waals surface area contributed by atoms with Crippen LogP contribution in [0.2, 0.25) is 0 Å². The van der Waals surface area contributed by atoms with Gasteiger partial charge >= 0.3 is 0 Å². The summed E-state index contributed by atoms with van der Waals surface area (Å²) >= 11 is 0. The third-order valence-corrected chi connectivity index (χ3v) is 6.19. The van der Waals surface area contributed by atoms with E-state index in [1.807, 2.05) is 6.92 Å². The molecule has 2 aliphatic heterocycles. The van der Waals surface area contributed by atoms with Crippen molar-refractivity contribution in [3.05, 3.63) is 23.5 Å². The third kappa shape index (κ3) is 3.58. The molecule has 5 heteroatoms. The zero-order chi connectivity index (χ0) is 17.4. The van der Waals surface area contributed by atoms with Crippen molar-refractivity contribution < 1.29 is 0 Å². The summed E-state index contributed by atoms with van der Waals surface area (Å²) < 4.78 is 2.47. The van der Waals surface area contributed by atoms with E-state index in [0.717, 1.165) is 17.1 Å². The molecule has 0 radical (unpaired) electrons. The summed E-state index contributed by atoms with van der Waals surface area (Å²) in [5, 5.41) is 8.64. The van der Waals surface area contributed by atoms with Gasteiger partial charge in [0.2, 0.25) is 0 Å². The molecular formula is C20H31N5. The molecule has 0 N–H and O–H groups in total. The van der Waals surface area contributed by atoms with Crippen LogP contribution in [-0.4, -0.2) is 64.3 Å². The SMILES string of the molecule is Cc1cc2c(nn1)c(C)cn2C1CCN(CC2CCN(C)CC2)CC1. The number of fused-ring (bicyclic) bond motifs is 1. The van der Waals surface area contributed by atoms with Gasteiger partial charge in [0.05, 0.1) is 11.2 Å². The Morgan fingerprint density at radius 2 is 1.72 bits per heavy atom. The summed E-state index contributed by atoms with van der Waals surface area (Å²) in [6.07, 6.45) is 7.52. The second kappa shape index (κ2) is 7.04. The Kier molecular flexibility index (Phi) is 4.78. The smallest absolute Gasteiger partial charge is 0.114 e. The molecule has 5 nitrogen and oxygen atoms in total. The molecule has 0 bridgehead atoms. The average molecular weight is 342 g/mol. The van der Waals surface area contributed by atoms with Gasteiger partial charge in [-0.2, -0.15) is 5.10 Å². The van der Waals surface area contributed by atoms with Gasteiger partial charge in [0.25, 0.3) is 0 Å². The second-order valence-electron chi connectivity index (χ2n) is 8.22. The number of nitrogens with zero attached hydrogens (tertiary/aromatic N) is 5. The molecule has 0 spiro atoms. The summed E-state index contributed by atoms with van der Waals surface area (Å²) in [6.45, 7) is 10.5. The Hall–Kier alpha value is -1.46. The third-order valence-electron chi connectivity index (χ3n) is 6.19. The largest absolute Gasteiger partial charge is 0.343 e. The van der Waals surface area contributed by atoms with Crippen LogP contribution in [0.25, 0.3) is 11.0 Å². The standard InChI is InChI=1S/C20H31N5/c1-15-13-25(19-12-16(2)21-22-20(15)19)18-6-10-24(11-7-18)14-17-4-8-23(3)9-5-17/h12-13,17-18H,4-11,14H2,1-3H3. The number of rotatable bonds is 3. The van der Waals surface area contributed by atoms with Crippen LogP contribution in [-0.2, 0) is 0 Å². The minimum absolute atomic E-state index is 0.605. The maximum atomic E-state index is 4.41. The topological polar surface area (TPSA) is 37.2 Å². The molecule has 0 amide bonds. The molecule has 2 aromatic rings. The van der Waals surface area contributed by atoms with E-state index in [1.165, 1.54) is 69.5 Å². The highest BCUT2D eigenvalue weighted by molar-refractivity contribution is 5.79. The van der Waals surface area contributed by atoms with Gasteiger partial charge in [-0.1, -0.05) is 0 Å². The lowest BCUT2D eigenvalue weighted by Gasteiger charge is -2.37. The molecule has 136 valence electrons. The fourth-order valence-corrected chi connectivity index (χ4v) is 4.58. The first-order valence-corrected chi connectivity index (χ1v) is 9.82. The number of likely N-dealkylation sites (tertiary alicyclic amines) is 2. The van der Waals surface area contributed by atoms with E-state index in [4.69, 9.17) is 0 Å². The highest BCUT2D eigenvalue weighted by atomic mass is 15.2. The first-order chi connectivity index (χ1) is 12.1. The molecule has 2 fully saturated rings. The fraction of sp³-hybridized carbons (Fsp3) is 0.700. The lowest BCUT2D eigenvalue weighted by Crippen LogP contribution is -2.40. The summed E-state index contributed by atoms with van der Waals surface area (Å²) in [7, 11) is 2.25. The fourth-order valence-electron chi connectivity index (χ4n) is 4.58. The Labute approximate surface area is 151 Å². The number of piperidine rings is 2. The van der Waals surface area contributed by atoms with Gasteiger partial charge < -0.3 is 14.4 Å². The number of aryl methyl sites for hydroxylation is 2. The molecule has 2 aliphatic rings. The molecule has 4 heterocycles. The molecule has 0 aromatic carbocycles. The first-order valence-electron chi connectivity index (χ1n) is 9.82. The van der Waals surface area contributed by atoms with Crippen molar-refractivity contribution >= 4 is 11.0 Å². The van der Waals surface area contributed by atoms with Crippen LogP contribution >= 0.6 is 0 Å². The Morgan fingerprint density at radius 3 is 2.44 bits per heavy atom. The van der Waals surface area contributed by atoms with Crippen molar-refractivity contribution in [1.82, 2.24) is 24.6 Å². The van der Waals surface area contributed by atoms with Crippen LogP contribution < -0.4 is 0 Å². The maximum absolute atomic E-state index is 4.41. The lowest BCUT2D eigenvalue weighted by molar-refractivity contribution is 0.129. The van der Waals surface area contributed by atoms with Crippen LogP contribution in [0.4, 0.5) is 0 Å². The van der Waals surface area contributed by atoms with E-state index in [0.29, 0.717) is 6.04 Å². The van der Waals surface area contributed by atoms with Gasteiger partial charge in [-0.05, 0) is 77.2 Å². The van der Waals surface area contributed by atoms with E-state index in [1.54, 1.807) is 0 Å². The van der Waals surface area contributed by atoms with Crippen molar-refractivity contribution in [1.29, 1.82) is 0 Å². The minimum atomic E-state index is 0.605. The minimum Gasteiger partial charge on any atom is -0.343 e. The Bertz CT molecular complexity index is 721. The van der Waals surface area contributed by atoms with Crippen molar-refractivity contribution in [2.45, 2.75) is 45.6 Å². The molecule has 0 aliphatic carbocycles. The molecule has 2 aromatic heterocycles. The number of aromatic nitrogens is 3. The molecule has 0 atom stereocenters.